The van der Waals surface area contributed by atoms with Crippen LogP contribution < -0.4 is 15.7 Å². The summed E-state index contributed by atoms with van der Waals surface area (Å²) in [7, 11) is 0. The van der Waals surface area contributed by atoms with Crippen LogP contribution in [-0.2, 0) is 22.4 Å². The molecule has 2 N–H and O–H groups in total. The van der Waals surface area contributed by atoms with Crippen molar-refractivity contribution in [2.45, 2.75) is 52.2 Å². The molecule has 1 heterocycles. The molecular weight excluding hydrogens is 338 g/mol. The summed E-state index contributed by atoms with van der Waals surface area (Å²) in [5.41, 5.74) is 2.54. The molecule has 0 bridgehead atoms. The number of carboxylic acids is 1. The molecule has 1 aliphatic carbocycles. The molecule has 26 heavy (non-hydrogen) atoms. The van der Waals surface area contributed by atoms with Crippen molar-refractivity contribution >= 4 is 22.8 Å². The fourth-order valence-electron chi connectivity index (χ4n) is 3.23. The Morgan fingerprint density at radius 1 is 1.23 bits per heavy atom. The zero-order valence-electron chi connectivity index (χ0n) is 14.9. The van der Waals surface area contributed by atoms with Crippen molar-refractivity contribution in [1.29, 1.82) is 0 Å². The molecule has 3 rings (SSSR count). The molecule has 7 nitrogen and oxygen atoms in total. The fraction of sp³-hybridized carbons (Fsp3) is 0.421. The van der Waals surface area contributed by atoms with E-state index in [1.807, 2.05) is 6.92 Å². The van der Waals surface area contributed by atoms with Gasteiger partial charge in [-0.2, -0.15) is 0 Å². The van der Waals surface area contributed by atoms with E-state index in [0.717, 1.165) is 24.0 Å². The highest BCUT2D eigenvalue weighted by Crippen LogP contribution is 2.35. The topological polar surface area (TPSA) is 106 Å². The SMILES string of the molecule is Cc1cc(O[C@H](C)C(=O)N[C@@H](C)C(=O)O)c2c3c(c(=O)oc2c1)CCC3. The number of carboxylic acid groups (broad SMARTS) is 1. The summed E-state index contributed by atoms with van der Waals surface area (Å²) in [5.74, 6) is -1.18. The predicted molar refractivity (Wildman–Crippen MR) is 94.6 cm³/mol. The van der Waals surface area contributed by atoms with Crippen LogP contribution in [0.4, 0.5) is 0 Å². The number of nitrogens with one attached hydrogen (secondary N) is 1. The number of aliphatic carboxylic acids is 1. The van der Waals surface area contributed by atoms with E-state index in [9.17, 15) is 14.4 Å². The highest BCUT2D eigenvalue weighted by Gasteiger charge is 2.25. The summed E-state index contributed by atoms with van der Waals surface area (Å²) >= 11 is 0. The van der Waals surface area contributed by atoms with Gasteiger partial charge in [-0.1, -0.05) is 0 Å². The Hall–Kier alpha value is -2.83. The number of fused-ring (bicyclic) bond motifs is 3. The van der Waals surface area contributed by atoms with Crippen LogP contribution in [0.25, 0.3) is 11.0 Å². The minimum Gasteiger partial charge on any atom is -0.480 e. The zero-order valence-corrected chi connectivity index (χ0v) is 14.9. The number of ether oxygens (including phenoxy) is 1. The maximum absolute atomic E-state index is 12.2. The van der Waals surface area contributed by atoms with Gasteiger partial charge < -0.3 is 19.6 Å². The molecule has 1 aromatic heterocycles. The molecule has 7 heteroatoms. The first kappa shape index (κ1) is 18.0. The summed E-state index contributed by atoms with van der Waals surface area (Å²) in [6, 6.07) is 2.56. The highest BCUT2D eigenvalue weighted by atomic mass is 16.5. The summed E-state index contributed by atoms with van der Waals surface area (Å²) in [6.07, 6.45) is 1.41. The van der Waals surface area contributed by atoms with Gasteiger partial charge in [0.2, 0.25) is 0 Å². The Kier molecular flexibility index (Phi) is 4.71. The third kappa shape index (κ3) is 3.29. The lowest BCUT2D eigenvalue weighted by Gasteiger charge is -2.19. The van der Waals surface area contributed by atoms with E-state index in [4.69, 9.17) is 14.3 Å². The molecular formula is C19H21NO6. The average Bonchev–Trinajstić information content (AvgIpc) is 3.04. The minimum absolute atomic E-state index is 0.317. The van der Waals surface area contributed by atoms with E-state index in [2.05, 4.69) is 5.32 Å². The van der Waals surface area contributed by atoms with E-state index in [1.54, 1.807) is 19.1 Å². The molecule has 0 radical (unpaired) electrons. The van der Waals surface area contributed by atoms with E-state index in [-0.39, 0.29) is 5.63 Å². The van der Waals surface area contributed by atoms with Gasteiger partial charge in [0.1, 0.15) is 17.4 Å². The molecule has 0 unspecified atom stereocenters. The summed E-state index contributed by atoms with van der Waals surface area (Å²) in [4.78, 5) is 35.2. The van der Waals surface area contributed by atoms with Crippen LogP contribution in [0, 0.1) is 6.92 Å². The summed E-state index contributed by atoms with van der Waals surface area (Å²) in [6.45, 7) is 4.78. The van der Waals surface area contributed by atoms with Crippen molar-refractivity contribution < 1.29 is 23.8 Å². The Bertz CT molecular complexity index is 945. The minimum atomic E-state index is -1.12. The van der Waals surface area contributed by atoms with Gasteiger partial charge in [-0.25, -0.2) is 4.79 Å². The van der Waals surface area contributed by atoms with Crippen molar-refractivity contribution in [2.24, 2.45) is 0 Å². The molecule has 2 aromatic rings. The normalized spacial score (nSPS) is 15.3. The lowest BCUT2D eigenvalue weighted by Crippen LogP contribution is -2.44. The highest BCUT2D eigenvalue weighted by molar-refractivity contribution is 5.90. The van der Waals surface area contributed by atoms with Gasteiger partial charge >= 0.3 is 11.6 Å². The molecule has 0 fully saturated rings. The number of carbonyl (C=O) groups is 2. The van der Waals surface area contributed by atoms with Crippen LogP contribution in [0.15, 0.2) is 21.3 Å². The molecule has 1 aliphatic rings. The Morgan fingerprint density at radius 3 is 2.62 bits per heavy atom. The van der Waals surface area contributed by atoms with Crippen LogP contribution in [-0.4, -0.2) is 29.1 Å². The second kappa shape index (κ2) is 6.82. The summed E-state index contributed by atoms with van der Waals surface area (Å²) in [5, 5.41) is 12.0. The van der Waals surface area contributed by atoms with Crippen molar-refractivity contribution in [3.63, 3.8) is 0 Å². The van der Waals surface area contributed by atoms with Crippen molar-refractivity contribution in [3.05, 3.63) is 39.2 Å². The standard InChI is InChI=1S/C19H21NO6/c1-9-7-14(25-11(3)17(21)20-10(2)18(22)23)16-12-5-4-6-13(12)19(24)26-15(16)8-9/h7-8,10-11H,4-6H2,1-3H3,(H,20,21)(H,22,23)/t10-,11+/m0/s1. The van der Waals surface area contributed by atoms with Crippen LogP contribution >= 0.6 is 0 Å². The largest absolute Gasteiger partial charge is 0.480 e. The second-order valence-electron chi connectivity index (χ2n) is 6.66. The third-order valence-electron chi connectivity index (χ3n) is 4.58. The van der Waals surface area contributed by atoms with Crippen LogP contribution in [0.1, 0.15) is 37.0 Å². The van der Waals surface area contributed by atoms with E-state index in [1.165, 1.54) is 6.92 Å². The maximum atomic E-state index is 12.2. The van der Waals surface area contributed by atoms with E-state index >= 15 is 0 Å². The number of amides is 1. The van der Waals surface area contributed by atoms with Crippen molar-refractivity contribution in [1.82, 2.24) is 5.32 Å². The fourth-order valence-corrected chi connectivity index (χ4v) is 3.23. The van der Waals surface area contributed by atoms with E-state index < -0.39 is 24.0 Å². The van der Waals surface area contributed by atoms with Gasteiger partial charge in [-0.3, -0.25) is 9.59 Å². The molecule has 1 amide bonds. The number of aryl methyl sites for hydroxylation is 2. The number of benzene rings is 1. The number of rotatable bonds is 5. The monoisotopic (exact) mass is 359 g/mol. The first-order valence-electron chi connectivity index (χ1n) is 8.57. The molecule has 0 saturated heterocycles. The predicted octanol–water partition coefficient (Wildman–Crippen LogP) is 1.95. The molecule has 0 spiro atoms. The molecule has 0 saturated carbocycles. The van der Waals surface area contributed by atoms with Crippen LogP contribution in [0.5, 0.6) is 5.75 Å². The summed E-state index contributed by atoms with van der Waals surface area (Å²) < 4.78 is 11.3. The van der Waals surface area contributed by atoms with Gasteiger partial charge in [0.05, 0.1) is 5.39 Å². The van der Waals surface area contributed by atoms with Crippen molar-refractivity contribution in [3.8, 4) is 5.75 Å². The first-order valence-corrected chi connectivity index (χ1v) is 8.57. The molecule has 138 valence electrons. The molecule has 2 atom stereocenters. The van der Waals surface area contributed by atoms with Gasteiger partial charge in [-0.05, 0) is 63.3 Å². The van der Waals surface area contributed by atoms with Gasteiger partial charge in [-0.15, -0.1) is 0 Å². The smallest absolute Gasteiger partial charge is 0.339 e. The van der Waals surface area contributed by atoms with Gasteiger partial charge in [0.25, 0.3) is 5.91 Å². The number of hydrogen-bond acceptors (Lipinski definition) is 5. The van der Waals surface area contributed by atoms with Gasteiger partial charge in [0.15, 0.2) is 6.10 Å². The lowest BCUT2D eigenvalue weighted by molar-refractivity contribution is -0.142. The zero-order chi connectivity index (χ0) is 19.0. The third-order valence-corrected chi connectivity index (χ3v) is 4.58. The van der Waals surface area contributed by atoms with Crippen LogP contribution in [0.2, 0.25) is 0 Å². The average molecular weight is 359 g/mol. The number of carbonyl (C=O) groups excluding carboxylic acids is 1. The molecule has 0 aliphatic heterocycles. The number of hydrogen-bond donors (Lipinski definition) is 2. The van der Waals surface area contributed by atoms with Crippen molar-refractivity contribution in [2.75, 3.05) is 0 Å². The Morgan fingerprint density at radius 2 is 1.92 bits per heavy atom. The second-order valence-corrected chi connectivity index (χ2v) is 6.66. The van der Waals surface area contributed by atoms with Crippen LogP contribution in [0.3, 0.4) is 0 Å². The Balaban J connectivity index is 1.97. The first-order chi connectivity index (χ1) is 12.3. The molecule has 1 aromatic carbocycles. The quantitative estimate of drug-likeness (QED) is 0.791. The van der Waals surface area contributed by atoms with E-state index in [0.29, 0.717) is 28.7 Å². The Labute approximate surface area is 150 Å². The van der Waals surface area contributed by atoms with Gasteiger partial charge in [0, 0.05) is 5.56 Å². The lowest BCUT2D eigenvalue weighted by atomic mass is 10.0. The maximum Gasteiger partial charge on any atom is 0.339 e.